The number of hydrogen-bond acceptors (Lipinski definition) is 5. The van der Waals surface area contributed by atoms with Gasteiger partial charge in [0.15, 0.2) is 0 Å². The Morgan fingerprint density at radius 2 is 1.96 bits per heavy atom. The lowest BCUT2D eigenvalue weighted by Crippen LogP contribution is -2.45. The monoisotopic (exact) mass is 397 g/mol. The molecular formula is C15H23Cl2F2N5O. The van der Waals surface area contributed by atoms with E-state index in [4.69, 9.17) is 11.5 Å². The summed E-state index contributed by atoms with van der Waals surface area (Å²) in [5.74, 6) is -2.29. The van der Waals surface area contributed by atoms with Crippen LogP contribution >= 0.6 is 24.8 Å². The minimum atomic E-state index is -2.75. The number of aromatic nitrogens is 1. The topological polar surface area (TPSA) is 88.5 Å². The van der Waals surface area contributed by atoms with Gasteiger partial charge in [0.05, 0.1) is 18.2 Å². The van der Waals surface area contributed by atoms with Crippen molar-refractivity contribution in [3.8, 4) is 0 Å². The van der Waals surface area contributed by atoms with E-state index >= 15 is 0 Å². The van der Waals surface area contributed by atoms with Crippen molar-refractivity contribution in [3.05, 3.63) is 12.1 Å². The van der Waals surface area contributed by atoms with Gasteiger partial charge < -0.3 is 21.3 Å². The van der Waals surface area contributed by atoms with Gasteiger partial charge in [-0.1, -0.05) is 0 Å². The minimum absolute atomic E-state index is 0. The number of halogens is 4. The molecule has 6 nitrogen and oxygen atoms in total. The van der Waals surface area contributed by atoms with Crippen LogP contribution in [0.2, 0.25) is 0 Å². The summed E-state index contributed by atoms with van der Waals surface area (Å²) in [5.41, 5.74) is 11.8. The molecule has 0 saturated carbocycles. The predicted octanol–water partition coefficient (Wildman–Crippen LogP) is 2.17. The number of amides is 1. The number of hydrogen-bond donors (Lipinski definition) is 2. The van der Waals surface area contributed by atoms with E-state index in [2.05, 4.69) is 4.98 Å². The summed E-state index contributed by atoms with van der Waals surface area (Å²) < 4.78 is 26.6. The zero-order valence-corrected chi connectivity index (χ0v) is 15.3. The number of nitrogens with two attached hydrogens (primary N) is 2. The van der Waals surface area contributed by atoms with Crippen molar-refractivity contribution in [1.29, 1.82) is 0 Å². The fourth-order valence-electron chi connectivity index (χ4n) is 3.22. The van der Waals surface area contributed by atoms with Crippen LogP contribution in [0.25, 0.3) is 0 Å². The summed E-state index contributed by atoms with van der Waals surface area (Å²) in [5, 5.41) is 0. The molecule has 1 aromatic rings. The smallest absolute Gasteiger partial charge is 0.267 e. The molecule has 1 aromatic heterocycles. The van der Waals surface area contributed by atoms with E-state index in [9.17, 15) is 13.6 Å². The number of piperidine rings is 1. The summed E-state index contributed by atoms with van der Waals surface area (Å²) >= 11 is 0. The number of carbonyl (C=O) groups excluding carboxylic acids is 1. The van der Waals surface area contributed by atoms with Crippen LogP contribution in [0.3, 0.4) is 0 Å². The van der Waals surface area contributed by atoms with E-state index in [-0.39, 0.29) is 55.4 Å². The Morgan fingerprint density at radius 1 is 1.24 bits per heavy atom. The first-order chi connectivity index (χ1) is 10.9. The van der Waals surface area contributed by atoms with Crippen LogP contribution in [-0.2, 0) is 4.79 Å². The Morgan fingerprint density at radius 3 is 2.56 bits per heavy atom. The normalized spacial score (nSPS) is 22.1. The Labute approximate surface area is 157 Å². The first-order valence-corrected chi connectivity index (χ1v) is 7.79. The molecule has 2 aliphatic rings. The highest BCUT2D eigenvalue weighted by atomic mass is 35.5. The van der Waals surface area contributed by atoms with Gasteiger partial charge >= 0.3 is 0 Å². The SMILES string of the molecule is Cl.Cl.Nc1ccc(N2CCCC(C(=O)N3CCC(F)(F)C3)C2)nc1N. The summed E-state index contributed by atoms with van der Waals surface area (Å²) in [6.07, 6.45) is 1.28. The highest BCUT2D eigenvalue weighted by Crippen LogP contribution is 2.30. The molecule has 0 aliphatic carbocycles. The molecular weight excluding hydrogens is 375 g/mol. The first-order valence-electron chi connectivity index (χ1n) is 7.79. The lowest BCUT2D eigenvalue weighted by molar-refractivity contribution is -0.136. The van der Waals surface area contributed by atoms with Crippen molar-refractivity contribution in [1.82, 2.24) is 9.88 Å². The standard InChI is InChI=1S/C15H21F2N5O.2ClH/c16-15(17)5-7-22(9-15)14(23)10-2-1-6-21(8-10)12-4-3-11(18)13(19)20-12;;/h3-4,10H,1-2,5-9,18H2,(H2,19,20);2*1H. The Kier molecular flexibility index (Phi) is 7.08. The average Bonchev–Trinajstić information content (AvgIpc) is 2.89. The van der Waals surface area contributed by atoms with Crippen LogP contribution in [0.15, 0.2) is 12.1 Å². The quantitative estimate of drug-likeness (QED) is 0.797. The van der Waals surface area contributed by atoms with Crippen LogP contribution in [0, 0.1) is 5.92 Å². The van der Waals surface area contributed by atoms with Gasteiger partial charge in [0, 0.05) is 26.1 Å². The van der Waals surface area contributed by atoms with E-state index in [0.717, 1.165) is 13.0 Å². The molecule has 2 aliphatic heterocycles. The lowest BCUT2D eigenvalue weighted by atomic mass is 9.96. The molecule has 0 spiro atoms. The van der Waals surface area contributed by atoms with Gasteiger partial charge in [-0.2, -0.15) is 0 Å². The zero-order valence-electron chi connectivity index (χ0n) is 13.7. The third-order valence-corrected chi connectivity index (χ3v) is 4.52. The third-order valence-electron chi connectivity index (χ3n) is 4.52. The van der Waals surface area contributed by atoms with Gasteiger partial charge in [-0.25, -0.2) is 13.8 Å². The highest BCUT2D eigenvalue weighted by Gasteiger charge is 2.42. The molecule has 0 bridgehead atoms. The molecule has 10 heteroatoms. The molecule has 2 saturated heterocycles. The maximum atomic E-state index is 13.3. The summed E-state index contributed by atoms with van der Waals surface area (Å²) in [6, 6.07) is 3.45. The van der Waals surface area contributed by atoms with E-state index in [1.807, 2.05) is 4.90 Å². The van der Waals surface area contributed by atoms with Crippen LogP contribution in [0.5, 0.6) is 0 Å². The number of nitrogen functional groups attached to an aromatic ring is 2. The van der Waals surface area contributed by atoms with Crippen molar-refractivity contribution < 1.29 is 13.6 Å². The molecule has 0 radical (unpaired) electrons. The molecule has 3 heterocycles. The highest BCUT2D eigenvalue weighted by molar-refractivity contribution is 5.85. The van der Waals surface area contributed by atoms with Gasteiger partial charge in [-0.3, -0.25) is 4.79 Å². The molecule has 142 valence electrons. The number of anilines is 3. The number of alkyl halides is 2. The maximum absolute atomic E-state index is 13.3. The molecule has 2 fully saturated rings. The molecule has 1 unspecified atom stereocenters. The van der Waals surface area contributed by atoms with Gasteiger partial charge in [0.1, 0.15) is 11.6 Å². The van der Waals surface area contributed by atoms with Crippen LogP contribution in [-0.4, -0.2) is 47.9 Å². The van der Waals surface area contributed by atoms with Crippen LogP contribution < -0.4 is 16.4 Å². The van der Waals surface area contributed by atoms with Crippen molar-refractivity contribution in [2.75, 3.05) is 42.5 Å². The largest absolute Gasteiger partial charge is 0.396 e. The predicted molar refractivity (Wildman–Crippen MR) is 98.6 cm³/mol. The van der Waals surface area contributed by atoms with Gasteiger partial charge in [-0.15, -0.1) is 24.8 Å². The number of rotatable bonds is 2. The van der Waals surface area contributed by atoms with Crippen LogP contribution in [0.4, 0.5) is 26.1 Å². The van der Waals surface area contributed by atoms with Crippen molar-refractivity contribution in [2.24, 2.45) is 5.92 Å². The molecule has 25 heavy (non-hydrogen) atoms. The minimum Gasteiger partial charge on any atom is -0.396 e. The second kappa shape index (κ2) is 8.23. The Hall–Kier alpha value is -1.54. The second-order valence-electron chi connectivity index (χ2n) is 6.29. The van der Waals surface area contributed by atoms with Crippen molar-refractivity contribution >= 4 is 48.0 Å². The van der Waals surface area contributed by atoms with Gasteiger partial charge in [-0.05, 0) is 25.0 Å². The fourth-order valence-corrected chi connectivity index (χ4v) is 3.22. The number of nitrogens with zero attached hydrogens (tertiary/aromatic N) is 3. The maximum Gasteiger partial charge on any atom is 0.267 e. The van der Waals surface area contributed by atoms with Crippen LogP contribution in [0.1, 0.15) is 19.3 Å². The van der Waals surface area contributed by atoms with Gasteiger partial charge in [0.25, 0.3) is 5.92 Å². The molecule has 4 N–H and O–H groups in total. The Balaban J connectivity index is 0.00000156. The molecule has 3 rings (SSSR count). The molecule has 1 atom stereocenters. The molecule has 1 amide bonds. The number of carbonyl (C=O) groups is 1. The fraction of sp³-hybridized carbons (Fsp3) is 0.600. The first kappa shape index (κ1) is 21.5. The average molecular weight is 398 g/mol. The van der Waals surface area contributed by atoms with E-state index < -0.39 is 12.5 Å². The third kappa shape index (κ3) is 4.76. The van der Waals surface area contributed by atoms with Gasteiger partial charge in [0.2, 0.25) is 5.91 Å². The molecule has 0 aromatic carbocycles. The number of likely N-dealkylation sites (tertiary alicyclic amines) is 1. The Bertz CT molecular complexity index is 620. The van der Waals surface area contributed by atoms with E-state index in [1.54, 1.807) is 12.1 Å². The van der Waals surface area contributed by atoms with E-state index in [0.29, 0.717) is 24.5 Å². The number of pyridine rings is 1. The summed E-state index contributed by atoms with van der Waals surface area (Å²) in [4.78, 5) is 20.0. The lowest BCUT2D eigenvalue weighted by Gasteiger charge is -2.34. The second-order valence-corrected chi connectivity index (χ2v) is 6.29. The van der Waals surface area contributed by atoms with E-state index in [1.165, 1.54) is 4.90 Å². The zero-order chi connectivity index (χ0) is 16.6. The summed E-state index contributed by atoms with van der Waals surface area (Å²) in [6.45, 7) is 0.901. The van der Waals surface area contributed by atoms with Crippen molar-refractivity contribution in [2.45, 2.75) is 25.2 Å². The van der Waals surface area contributed by atoms with Crippen molar-refractivity contribution in [3.63, 3.8) is 0 Å². The summed E-state index contributed by atoms with van der Waals surface area (Å²) in [7, 11) is 0.